The van der Waals surface area contributed by atoms with Crippen molar-refractivity contribution in [2.75, 3.05) is 40.4 Å². The summed E-state index contributed by atoms with van der Waals surface area (Å²) < 4.78 is 11.5. The summed E-state index contributed by atoms with van der Waals surface area (Å²) in [6.45, 7) is 4.37. The van der Waals surface area contributed by atoms with Crippen molar-refractivity contribution in [2.45, 2.75) is 6.54 Å². The van der Waals surface area contributed by atoms with E-state index in [4.69, 9.17) is 9.47 Å². The van der Waals surface area contributed by atoms with Gasteiger partial charge in [0, 0.05) is 11.1 Å². The number of halogens is 1. The molecule has 1 aliphatic heterocycles. The average Bonchev–Trinajstić information content (AvgIpc) is 2.68. The molecule has 0 radical (unpaired) electrons. The van der Waals surface area contributed by atoms with E-state index >= 15 is 0 Å². The fourth-order valence-electron chi connectivity index (χ4n) is 3.25. The van der Waals surface area contributed by atoms with E-state index in [0.29, 0.717) is 11.3 Å². The molecule has 3 rings (SSSR count). The van der Waals surface area contributed by atoms with Gasteiger partial charge in [-0.3, -0.25) is 4.79 Å². The summed E-state index contributed by atoms with van der Waals surface area (Å²) in [5.41, 5.74) is 1.95. The summed E-state index contributed by atoms with van der Waals surface area (Å²) in [4.78, 5) is 16.1. The molecular formula is C20H24BrN2O3+. The van der Waals surface area contributed by atoms with Crippen LogP contribution >= 0.6 is 15.9 Å². The summed E-state index contributed by atoms with van der Waals surface area (Å²) in [6.07, 6.45) is 0. The van der Waals surface area contributed by atoms with E-state index in [9.17, 15) is 4.79 Å². The topological polar surface area (TPSA) is 43.2 Å². The molecule has 1 amide bonds. The number of quaternary nitrogens is 1. The highest BCUT2D eigenvalue weighted by atomic mass is 79.9. The maximum Gasteiger partial charge on any atom is 0.254 e. The van der Waals surface area contributed by atoms with Gasteiger partial charge < -0.3 is 19.3 Å². The molecule has 1 fully saturated rings. The van der Waals surface area contributed by atoms with Gasteiger partial charge in [0.1, 0.15) is 18.0 Å². The lowest BCUT2D eigenvalue weighted by Crippen LogP contribution is -3.13. The molecule has 5 nitrogen and oxygen atoms in total. The summed E-state index contributed by atoms with van der Waals surface area (Å²) in [5, 5.41) is 0. The van der Waals surface area contributed by atoms with Crippen molar-refractivity contribution < 1.29 is 19.2 Å². The number of nitrogens with zero attached hydrogens (tertiary/aromatic N) is 1. The number of carbonyl (C=O) groups is 1. The zero-order chi connectivity index (χ0) is 18.5. The predicted octanol–water partition coefficient (Wildman–Crippen LogP) is 2.01. The van der Waals surface area contributed by atoms with Crippen molar-refractivity contribution in [1.82, 2.24) is 4.90 Å². The van der Waals surface area contributed by atoms with Crippen LogP contribution in [0.4, 0.5) is 0 Å². The molecule has 2 aromatic rings. The van der Waals surface area contributed by atoms with Crippen LogP contribution in [0.15, 0.2) is 46.9 Å². The molecule has 1 heterocycles. The summed E-state index contributed by atoms with van der Waals surface area (Å²) in [7, 11) is 3.28. The van der Waals surface area contributed by atoms with Gasteiger partial charge in [0.2, 0.25) is 0 Å². The van der Waals surface area contributed by atoms with Gasteiger partial charge in [-0.25, -0.2) is 0 Å². The molecule has 6 heteroatoms. The second kappa shape index (κ2) is 8.56. The van der Waals surface area contributed by atoms with Crippen molar-refractivity contribution in [3.63, 3.8) is 0 Å². The van der Waals surface area contributed by atoms with Crippen LogP contribution in [-0.4, -0.2) is 51.2 Å². The number of carbonyl (C=O) groups excluding carboxylic acids is 1. The Balaban J connectivity index is 1.57. The number of piperazine rings is 1. The van der Waals surface area contributed by atoms with E-state index in [1.54, 1.807) is 20.3 Å². The van der Waals surface area contributed by atoms with Gasteiger partial charge in [-0.15, -0.1) is 0 Å². The molecule has 26 heavy (non-hydrogen) atoms. The van der Waals surface area contributed by atoms with E-state index in [-0.39, 0.29) is 5.91 Å². The Morgan fingerprint density at radius 2 is 1.88 bits per heavy atom. The van der Waals surface area contributed by atoms with Gasteiger partial charge in [0.25, 0.3) is 5.91 Å². The Kier molecular flexibility index (Phi) is 6.16. The van der Waals surface area contributed by atoms with Gasteiger partial charge >= 0.3 is 0 Å². The molecule has 138 valence electrons. The normalized spacial score (nSPS) is 15.0. The molecule has 1 saturated heterocycles. The molecule has 2 aromatic carbocycles. The zero-order valence-corrected chi connectivity index (χ0v) is 16.7. The first-order chi connectivity index (χ1) is 12.6. The van der Waals surface area contributed by atoms with Crippen molar-refractivity contribution in [3.8, 4) is 11.5 Å². The van der Waals surface area contributed by atoms with Crippen LogP contribution in [-0.2, 0) is 6.54 Å². The molecule has 0 spiro atoms. The number of ether oxygens (including phenoxy) is 2. The van der Waals surface area contributed by atoms with Crippen LogP contribution in [0.25, 0.3) is 0 Å². The number of benzene rings is 2. The third kappa shape index (κ3) is 4.37. The van der Waals surface area contributed by atoms with Gasteiger partial charge in [0.15, 0.2) is 0 Å². The number of hydrogen-bond donors (Lipinski definition) is 1. The van der Waals surface area contributed by atoms with E-state index in [2.05, 4.69) is 28.1 Å². The fraction of sp³-hybridized carbons (Fsp3) is 0.350. The van der Waals surface area contributed by atoms with E-state index in [1.165, 1.54) is 10.5 Å². The molecule has 0 atom stereocenters. The van der Waals surface area contributed by atoms with E-state index < -0.39 is 0 Å². The van der Waals surface area contributed by atoms with Gasteiger partial charge in [-0.2, -0.15) is 0 Å². The minimum absolute atomic E-state index is 0.0788. The fourth-order valence-corrected chi connectivity index (χ4v) is 3.84. The third-order valence-electron chi connectivity index (χ3n) is 4.74. The Morgan fingerprint density at radius 1 is 1.12 bits per heavy atom. The Morgan fingerprint density at radius 3 is 2.54 bits per heavy atom. The molecular weight excluding hydrogens is 396 g/mol. The molecule has 1 N–H and O–H groups in total. The van der Waals surface area contributed by atoms with Gasteiger partial charge in [-0.05, 0) is 52.3 Å². The molecule has 0 aromatic heterocycles. The first-order valence-electron chi connectivity index (χ1n) is 8.70. The number of hydrogen-bond acceptors (Lipinski definition) is 3. The second-order valence-electron chi connectivity index (χ2n) is 6.42. The number of methoxy groups -OCH3 is 2. The standard InChI is InChI=1S/C20H23BrN2O3/c1-25-17-5-3-4-16(13-17)20(24)23-10-8-22(9-11-23)14-15-6-7-19(26-2)18(21)12-15/h3-7,12-13H,8-11,14H2,1-2H3/p+1. The first kappa shape index (κ1) is 18.7. The van der Waals surface area contributed by atoms with Crippen molar-refractivity contribution >= 4 is 21.8 Å². The van der Waals surface area contributed by atoms with Crippen molar-refractivity contribution in [2.24, 2.45) is 0 Å². The Hall–Kier alpha value is -2.05. The predicted molar refractivity (Wildman–Crippen MR) is 104 cm³/mol. The zero-order valence-electron chi connectivity index (χ0n) is 15.1. The highest BCUT2D eigenvalue weighted by Gasteiger charge is 2.25. The van der Waals surface area contributed by atoms with Crippen LogP contribution < -0.4 is 14.4 Å². The maximum atomic E-state index is 12.7. The molecule has 0 unspecified atom stereocenters. The molecule has 0 saturated carbocycles. The van der Waals surface area contributed by atoms with Crippen LogP contribution in [0.2, 0.25) is 0 Å². The summed E-state index contributed by atoms with van der Waals surface area (Å²) >= 11 is 3.54. The molecule has 0 aliphatic carbocycles. The van der Waals surface area contributed by atoms with Crippen molar-refractivity contribution in [3.05, 3.63) is 58.1 Å². The highest BCUT2D eigenvalue weighted by molar-refractivity contribution is 9.10. The summed E-state index contributed by atoms with van der Waals surface area (Å²) in [6, 6.07) is 13.6. The monoisotopic (exact) mass is 419 g/mol. The smallest absolute Gasteiger partial charge is 0.254 e. The lowest BCUT2D eigenvalue weighted by Gasteiger charge is -2.32. The van der Waals surface area contributed by atoms with E-state index in [0.717, 1.165) is 42.9 Å². The molecule has 1 aliphatic rings. The quantitative estimate of drug-likeness (QED) is 0.805. The highest BCUT2D eigenvalue weighted by Crippen LogP contribution is 2.25. The van der Waals surface area contributed by atoms with Crippen LogP contribution in [0.1, 0.15) is 15.9 Å². The Bertz CT molecular complexity index is 773. The Labute approximate surface area is 162 Å². The number of nitrogens with one attached hydrogen (secondary N) is 1. The summed E-state index contributed by atoms with van der Waals surface area (Å²) in [5.74, 6) is 1.64. The number of rotatable bonds is 5. The van der Waals surface area contributed by atoms with Crippen LogP contribution in [0.5, 0.6) is 11.5 Å². The first-order valence-corrected chi connectivity index (χ1v) is 9.49. The second-order valence-corrected chi connectivity index (χ2v) is 7.27. The van der Waals surface area contributed by atoms with Crippen LogP contribution in [0.3, 0.4) is 0 Å². The molecule has 0 bridgehead atoms. The maximum absolute atomic E-state index is 12.7. The van der Waals surface area contributed by atoms with Gasteiger partial charge in [0.05, 0.1) is 44.9 Å². The van der Waals surface area contributed by atoms with Crippen LogP contribution in [0, 0.1) is 0 Å². The SMILES string of the molecule is COc1cccc(C(=O)N2CC[NH+](Cc3ccc(OC)c(Br)c3)CC2)c1. The van der Waals surface area contributed by atoms with E-state index in [1.807, 2.05) is 29.2 Å². The minimum Gasteiger partial charge on any atom is -0.497 e. The number of amides is 1. The lowest BCUT2D eigenvalue weighted by molar-refractivity contribution is -0.917. The minimum atomic E-state index is 0.0788. The lowest BCUT2D eigenvalue weighted by atomic mass is 10.1. The largest absolute Gasteiger partial charge is 0.497 e. The average molecular weight is 420 g/mol. The third-order valence-corrected chi connectivity index (χ3v) is 5.36. The van der Waals surface area contributed by atoms with Gasteiger partial charge in [-0.1, -0.05) is 6.07 Å². The van der Waals surface area contributed by atoms with Crippen molar-refractivity contribution in [1.29, 1.82) is 0 Å².